The van der Waals surface area contributed by atoms with E-state index in [1.54, 1.807) is 0 Å². The zero-order valence-electron chi connectivity index (χ0n) is 7.38. The molecule has 1 heterocycles. The van der Waals surface area contributed by atoms with Gasteiger partial charge in [-0.3, -0.25) is 0 Å². The van der Waals surface area contributed by atoms with E-state index in [0.29, 0.717) is 0 Å². The molecule has 0 saturated carbocycles. The van der Waals surface area contributed by atoms with Crippen LogP contribution in [0.5, 0.6) is 0 Å². The molecule has 7 heteroatoms. The molecule has 0 amide bonds. The van der Waals surface area contributed by atoms with E-state index in [2.05, 4.69) is 4.98 Å². The maximum Gasteiger partial charge on any atom is 0.354 e. The molecular formula is C8H7ClF2N2O2. The van der Waals surface area contributed by atoms with Crippen LogP contribution in [-0.4, -0.2) is 16.1 Å². The average molecular weight is 237 g/mol. The van der Waals surface area contributed by atoms with Crippen LogP contribution >= 0.6 is 11.6 Å². The number of hydrogen-bond acceptors (Lipinski definition) is 3. The molecule has 0 aliphatic heterocycles. The van der Waals surface area contributed by atoms with Crippen molar-refractivity contribution < 1.29 is 18.7 Å². The van der Waals surface area contributed by atoms with E-state index >= 15 is 0 Å². The van der Waals surface area contributed by atoms with Crippen LogP contribution in [0.2, 0.25) is 5.02 Å². The van der Waals surface area contributed by atoms with Crippen molar-refractivity contribution in [1.29, 1.82) is 0 Å². The number of nitrogens with two attached hydrogens (primary N) is 1. The Morgan fingerprint density at radius 2 is 2.27 bits per heavy atom. The van der Waals surface area contributed by atoms with Gasteiger partial charge in [-0.25, -0.2) is 18.6 Å². The lowest BCUT2D eigenvalue weighted by Gasteiger charge is -2.08. The standard InChI is InChI=1S/C8H7ClF2N2O2/c9-6-3(7(10)11)1-4(8(14)15)13-5(6)2-12/h1,7H,2,12H2,(H,14,15). The molecular weight excluding hydrogens is 230 g/mol. The van der Waals surface area contributed by atoms with E-state index < -0.39 is 23.7 Å². The molecule has 0 aliphatic rings. The van der Waals surface area contributed by atoms with Crippen molar-refractivity contribution in [2.75, 3.05) is 0 Å². The number of aromatic nitrogens is 1. The molecule has 4 nitrogen and oxygen atoms in total. The van der Waals surface area contributed by atoms with Gasteiger partial charge in [-0.1, -0.05) is 11.6 Å². The molecule has 1 rings (SSSR count). The first-order valence-corrected chi connectivity index (χ1v) is 4.26. The minimum absolute atomic E-state index is 0.0492. The van der Waals surface area contributed by atoms with Gasteiger partial charge in [-0.2, -0.15) is 0 Å². The van der Waals surface area contributed by atoms with Gasteiger partial charge < -0.3 is 10.8 Å². The molecule has 0 spiro atoms. The lowest BCUT2D eigenvalue weighted by molar-refractivity contribution is 0.0689. The summed E-state index contributed by atoms with van der Waals surface area (Å²) in [7, 11) is 0. The van der Waals surface area contributed by atoms with Crippen molar-refractivity contribution >= 4 is 17.6 Å². The molecule has 3 N–H and O–H groups in total. The third kappa shape index (κ3) is 2.40. The molecule has 82 valence electrons. The van der Waals surface area contributed by atoms with Gasteiger partial charge in [0.25, 0.3) is 6.43 Å². The minimum Gasteiger partial charge on any atom is -0.477 e. The molecule has 0 radical (unpaired) electrons. The van der Waals surface area contributed by atoms with Crippen molar-refractivity contribution in [3.05, 3.63) is 28.0 Å². The van der Waals surface area contributed by atoms with Crippen LogP contribution in [0.4, 0.5) is 8.78 Å². The number of carbonyl (C=O) groups is 1. The summed E-state index contributed by atoms with van der Waals surface area (Å²) in [6.07, 6.45) is -2.86. The van der Waals surface area contributed by atoms with Crippen LogP contribution in [-0.2, 0) is 6.54 Å². The van der Waals surface area contributed by atoms with Crippen molar-refractivity contribution in [3.63, 3.8) is 0 Å². The summed E-state index contributed by atoms with van der Waals surface area (Å²) in [5.74, 6) is -1.40. The smallest absolute Gasteiger partial charge is 0.354 e. The molecule has 1 aromatic rings. The fraction of sp³-hybridized carbons (Fsp3) is 0.250. The Bertz CT molecular complexity index is 398. The first-order chi connectivity index (χ1) is 6.97. The number of pyridine rings is 1. The number of halogens is 3. The third-order valence-corrected chi connectivity index (χ3v) is 2.14. The molecule has 0 aliphatic carbocycles. The zero-order chi connectivity index (χ0) is 11.6. The van der Waals surface area contributed by atoms with E-state index in [1.165, 1.54) is 0 Å². The molecule has 0 fully saturated rings. The molecule has 0 atom stereocenters. The summed E-state index contributed by atoms with van der Waals surface area (Å²) in [6, 6.07) is 0.745. The Labute approximate surface area is 88.7 Å². The van der Waals surface area contributed by atoms with E-state index in [0.717, 1.165) is 6.07 Å². The molecule has 15 heavy (non-hydrogen) atoms. The Hall–Kier alpha value is -1.27. The fourth-order valence-electron chi connectivity index (χ4n) is 1.01. The van der Waals surface area contributed by atoms with Crippen LogP contribution in [0.25, 0.3) is 0 Å². The quantitative estimate of drug-likeness (QED) is 0.839. The molecule has 0 bridgehead atoms. The summed E-state index contributed by atoms with van der Waals surface area (Å²) < 4.78 is 24.9. The number of rotatable bonds is 3. The van der Waals surface area contributed by atoms with Gasteiger partial charge in [-0.15, -0.1) is 0 Å². The summed E-state index contributed by atoms with van der Waals surface area (Å²) in [5.41, 5.74) is 4.10. The average Bonchev–Trinajstić information content (AvgIpc) is 2.17. The Kier molecular flexibility index (Phi) is 3.54. The Morgan fingerprint density at radius 1 is 1.67 bits per heavy atom. The van der Waals surface area contributed by atoms with E-state index in [1.807, 2.05) is 0 Å². The van der Waals surface area contributed by atoms with Gasteiger partial charge in [0.1, 0.15) is 5.69 Å². The molecule has 0 unspecified atom stereocenters. The molecule has 0 aromatic carbocycles. The number of hydrogen-bond donors (Lipinski definition) is 2. The Balaban J connectivity index is 3.38. The SMILES string of the molecule is NCc1nc(C(=O)O)cc(C(F)F)c1Cl. The van der Waals surface area contributed by atoms with Gasteiger partial charge >= 0.3 is 5.97 Å². The van der Waals surface area contributed by atoms with Gasteiger partial charge in [0.15, 0.2) is 0 Å². The lowest BCUT2D eigenvalue weighted by Crippen LogP contribution is -2.09. The topological polar surface area (TPSA) is 76.2 Å². The minimum atomic E-state index is -2.86. The first kappa shape index (κ1) is 11.8. The highest BCUT2D eigenvalue weighted by molar-refractivity contribution is 6.32. The van der Waals surface area contributed by atoms with E-state index in [4.69, 9.17) is 22.4 Å². The van der Waals surface area contributed by atoms with E-state index in [9.17, 15) is 13.6 Å². The third-order valence-electron chi connectivity index (χ3n) is 1.70. The molecule has 1 aromatic heterocycles. The number of carboxylic acid groups (broad SMARTS) is 1. The Morgan fingerprint density at radius 3 is 2.67 bits per heavy atom. The van der Waals surface area contributed by atoms with Crippen LogP contribution in [0, 0.1) is 0 Å². The van der Waals surface area contributed by atoms with Crippen molar-refractivity contribution in [3.8, 4) is 0 Å². The predicted octanol–water partition coefficient (Wildman–Crippen LogP) is 1.83. The zero-order valence-corrected chi connectivity index (χ0v) is 8.13. The highest BCUT2D eigenvalue weighted by Gasteiger charge is 2.19. The van der Waals surface area contributed by atoms with Gasteiger partial charge in [0.05, 0.1) is 10.7 Å². The van der Waals surface area contributed by atoms with Crippen LogP contribution in [0.1, 0.15) is 28.2 Å². The largest absolute Gasteiger partial charge is 0.477 e. The summed E-state index contributed by atoms with van der Waals surface area (Å²) in [5, 5.41) is 8.33. The fourth-order valence-corrected chi connectivity index (χ4v) is 1.26. The van der Waals surface area contributed by atoms with Crippen LogP contribution in [0.15, 0.2) is 6.07 Å². The van der Waals surface area contributed by atoms with Crippen LogP contribution in [0.3, 0.4) is 0 Å². The highest BCUT2D eigenvalue weighted by atomic mass is 35.5. The normalized spacial score (nSPS) is 10.7. The van der Waals surface area contributed by atoms with Gasteiger partial charge in [0, 0.05) is 12.1 Å². The number of nitrogens with zero attached hydrogens (tertiary/aromatic N) is 1. The van der Waals surface area contributed by atoms with Crippen molar-refractivity contribution in [1.82, 2.24) is 4.98 Å². The lowest BCUT2D eigenvalue weighted by atomic mass is 10.2. The summed E-state index contributed by atoms with van der Waals surface area (Å²) in [4.78, 5) is 14.1. The second-order valence-electron chi connectivity index (χ2n) is 2.67. The van der Waals surface area contributed by atoms with Crippen molar-refractivity contribution in [2.24, 2.45) is 5.73 Å². The number of alkyl halides is 2. The maximum absolute atomic E-state index is 12.4. The highest BCUT2D eigenvalue weighted by Crippen LogP contribution is 2.29. The maximum atomic E-state index is 12.4. The van der Waals surface area contributed by atoms with Gasteiger partial charge in [-0.05, 0) is 6.07 Å². The monoisotopic (exact) mass is 236 g/mol. The number of carboxylic acids is 1. The summed E-state index contributed by atoms with van der Waals surface area (Å²) >= 11 is 5.57. The van der Waals surface area contributed by atoms with E-state index in [-0.39, 0.29) is 17.3 Å². The van der Waals surface area contributed by atoms with Crippen LogP contribution < -0.4 is 5.73 Å². The van der Waals surface area contributed by atoms with Crippen molar-refractivity contribution in [2.45, 2.75) is 13.0 Å². The number of aromatic carboxylic acids is 1. The second kappa shape index (κ2) is 4.50. The molecule has 0 saturated heterocycles. The summed E-state index contributed by atoms with van der Waals surface area (Å²) in [6.45, 7) is -0.195. The second-order valence-corrected chi connectivity index (χ2v) is 3.05. The van der Waals surface area contributed by atoms with Gasteiger partial charge in [0.2, 0.25) is 0 Å². The predicted molar refractivity (Wildman–Crippen MR) is 49.1 cm³/mol. The first-order valence-electron chi connectivity index (χ1n) is 3.88.